The van der Waals surface area contributed by atoms with Gasteiger partial charge in [0.1, 0.15) is 0 Å². The summed E-state index contributed by atoms with van der Waals surface area (Å²) in [4.78, 5) is 19.0. The predicted molar refractivity (Wildman–Crippen MR) is 108 cm³/mol. The van der Waals surface area contributed by atoms with E-state index in [4.69, 9.17) is 4.99 Å². The molecule has 0 saturated carbocycles. The highest BCUT2D eigenvalue weighted by Gasteiger charge is 2.22. The Morgan fingerprint density at radius 1 is 1.31 bits per heavy atom. The summed E-state index contributed by atoms with van der Waals surface area (Å²) in [5.74, 6) is 0.824. The first kappa shape index (κ1) is 20.2. The maximum absolute atomic E-state index is 11.7. The van der Waals surface area contributed by atoms with Gasteiger partial charge in [-0.3, -0.25) is 14.7 Å². The molecule has 26 heavy (non-hydrogen) atoms. The quantitative estimate of drug-likeness (QED) is 0.487. The number of amides is 1. The van der Waals surface area contributed by atoms with E-state index in [2.05, 4.69) is 40.8 Å². The lowest BCUT2D eigenvalue weighted by Gasteiger charge is -2.21. The van der Waals surface area contributed by atoms with Gasteiger partial charge in [-0.1, -0.05) is 19.1 Å². The third-order valence-corrected chi connectivity index (χ3v) is 4.83. The van der Waals surface area contributed by atoms with Gasteiger partial charge in [0, 0.05) is 31.7 Å². The molecule has 1 saturated heterocycles. The number of likely N-dealkylation sites (N-methyl/N-ethyl adjacent to an activating group) is 1. The first-order valence-electron chi connectivity index (χ1n) is 9.75. The van der Waals surface area contributed by atoms with Crippen LogP contribution in [0.2, 0.25) is 0 Å². The summed E-state index contributed by atoms with van der Waals surface area (Å²) >= 11 is 0. The van der Waals surface area contributed by atoms with Gasteiger partial charge in [0.05, 0.1) is 6.54 Å². The second-order valence-corrected chi connectivity index (χ2v) is 6.60. The summed E-state index contributed by atoms with van der Waals surface area (Å²) in [6.45, 7) is 9.07. The third kappa shape index (κ3) is 6.02. The van der Waals surface area contributed by atoms with Crippen molar-refractivity contribution in [3.05, 3.63) is 35.4 Å². The molecule has 1 amide bonds. The molecule has 1 fully saturated rings. The molecule has 0 radical (unpaired) electrons. The molecule has 1 aromatic rings. The zero-order chi connectivity index (χ0) is 18.8. The molecule has 6 heteroatoms. The van der Waals surface area contributed by atoms with Crippen LogP contribution in [0.25, 0.3) is 0 Å². The van der Waals surface area contributed by atoms with Crippen molar-refractivity contribution in [3.63, 3.8) is 0 Å². The second kappa shape index (κ2) is 10.8. The number of rotatable bonds is 8. The maximum atomic E-state index is 11.7. The minimum absolute atomic E-state index is 0.0493. The van der Waals surface area contributed by atoms with Gasteiger partial charge in [-0.15, -0.1) is 0 Å². The number of hydrogen-bond acceptors (Lipinski definition) is 3. The lowest BCUT2D eigenvalue weighted by Crippen LogP contribution is -2.40. The molecule has 1 atom stereocenters. The Balaban J connectivity index is 1.86. The molecule has 1 unspecified atom stereocenters. The van der Waals surface area contributed by atoms with Gasteiger partial charge in [-0.2, -0.15) is 0 Å². The molecule has 1 heterocycles. The fraction of sp³-hybridized carbons (Fsp3) is 0.600. The number of aliphatic imine (C=N–C) groups is 1. The summed E-state index contributed by atoms with van der Waals surface area (Å²) in [7, 11) is 1.65. The van der Waals surface area contributed by atoms with E-state index in [9.17, 15) is 4.79 Å². The summed E-state index contributed by atoms with van der Waals surface area (Å²) in [5, 5.41) is 9.39. The molecule has 0 aromatic heterocycles. The van der Waals surface area contributed by atoms with Crippen molar-refractivity contribution >= 4 is 11.9 Å². The molecule has 3 N–H and O–H groups in total. The average Bonchev–Trinajstić information content (AvgIpc) is 3.13. The zero-order valence-corrected chi connectivity index (χ0v) is 16.3. The molecule has 1 aromatic carbocycles. The molecule has 0 aliphatic carbocycles. The Morgan fingerprint density at radius 2 is 2.15 bits per heavy atom. The molecular weight excluding hydrogens is 326 g/mol. The fourth-order valence-corrected chi connectivity index (χ4v) is 3.39. The summed E-state index contributed by atoms with van der Waals surface area (Å²) in [6, 6.07) is 8.33. The van der Waals surface area contributed by atoms with Crippen molar-refractivity contribution < 1.29 is 4.79 Å². The van der Waals surface area contributed by atoms with Gasteiger partial charge < -0.3 is 16.0 Å². The number of nitrogens with one attached hydrogen (secondary N) is 3. The number of benzene rings is 1. The van der Waals surface area contributed by atoms with Crippen LogP contribution in [-0.4, -0.2) is 62.6 Å². The first-order chi connectivity index (χ1) is 12.7. The van der Waals surface area contributed by atoms with E-state index in [0.29, 0.717) is 11.6 Å². The molecular formula is C20H33N5O. The highest BCUT2D eigenvalue weighted by Crippen LogP contribution is 2.16. The standard InChI is InChI=1S/C20H33N5O/c1-4-22-20(24-15-18-10-7-13-25(18)5-2)23-12-11-16-8-6-9-17(14-16)19(26)21-3/h6,8-9,14,18H,4-5,7,10-13,15H2,1-3H3,(H,21,26)(H2,22,23,24). The van der Waals surface area contributed by atoms with Crippen molar-refractivity contribution in [2.45, 2.75) is 39.2 Å². The minimum atomic E-state index is -0.0493. The van der Waals surface area contributed by atoms with Gasteiger partial charge >= 0.3 is 0 Å². The number of hydrogen-bond donors (Lipinski definition) is 3. The van der Waals surface area contributed by atoms with E-state index < -0.39 is 0 Å². The normalized spacial score (nSPS) is 18.0. The summed E-state index contributed by atoms with van der Waals surface area (Å²) < 4.78 is 0. The van der Waals surface area contributed by atoms with E-state index in [1.165, 1.54) is 19.4 Å². The van der Waals surface area contributed by atoms with E-state index in [0.717, 1.165) is 44.1 Å². The van der Waals surface area contributed by atoms with Crippen LogP contribution in [0.4, 0.5) is 0 Å². The Morgan fingerprint density at radius 3 is 2.88 bits per heavy atom. The van der Waals surface area contributed by atoms with E-state index in [-0.39, 0.29) is 5.91 Å². The Hall–Kier alpha value is -2.08. The van der Waals surface area contributed by atoms with E-state index in [1.807, 2.05) is 18.2 Å². The van der Waals surface area contributed by atoms with Gasteiger partial charge in [-0.25, -0.2) is 0 Å². The number of likely N-dealkylation sites (tertiary alicyclic amines) is 1. The minimum Gasteiger partial charge on any atom is -0.357 e. The Kier molecular flexibility index (Phi) is 8.41. The number of carbonyl (C=O) groups is 1. The van der Waals surface area contributed by atoms with Crippen molar-refractivity contribution in [1.82, 2.24) is 20.9 Å². The van der Waals surface area contributed by atoms with Crippen LogP contribution in [0.1, 0.15) is 42.6 Å². The number of nitrogens with zero attached hydrogens (tertiary/aromatic N) is 2. The van der Waals surface area contributed by atoms with E-state index >= 15 is 0 Å². The largest absolute Gasteiger partial charge is 0.357 e. The van der Waals surface area contributed by atoms with Gasteiger partial charge in [0.2, 0.25) is 0 Å². The fourth-order valence-electron chi connectivity index (χ4n) is 3.39. The molecule has 6 nitrogen and oxygen atoms in total. The maximum Gasteiger partial charge on any atom is 0.251 e. The average molecular weight is 360 g/mol. The topological polar surface area (TPSA) is 68.8 Å². The second-order valence-electron chi connectivity index (χ2n) is 6.60. The first-order valence-corrected chi connectivity index (χ1v) is 9.75. The number of carbonyl (C=O) groups excluding carboxylic acids is 1. The van der Waals surface area contributed by atoms with Crippen molar-refractivity contribution in [1.29, 1.82) is 0 Å². The molecule has 0 bridgehead atoms. The lowest BCUT2D eigenvalue weighted by atomic mass is 10.1. The Bertz CT molecular complexity index is 602. The van der Waals surface area contributed by atoms with Crippen LogP contribution in [0.3, 0.4) is 0 Å². The number of guanidine groups is 1. The zero-order valence-electron chi connectivity index (χ0n) is 16.3. The molecule has 144 valence electrons. The molecule has 1 aliphatic rings. The van der Waals surface area contributed by atoms with Crippen LogP contribution in [0.5, 0.6) is 0 Å². The van der Waals surface area contributed by atoms with Gasteiger partial charge in [0.25, 0.3) is 5.91 Å². The van der Waals surface area contributed by atoms with Crippen LogP contribution >= 0.6 is 0 Å². The highest BCUT2D eigenvalue weighted by atomic mass is 16.1. The van der Waals surface area contributed by atoms with Gasteiger partial charge in [0.15, 0.2) is 5.96 Å². The smallest absolute Gasteiger partial charge is 0.251 e. The summed E-state index contributed by atoms with van der Waals surface area (Å²) in [5.41, 5.74) is 1.84. The Labute approximate surface area is 157 Å². The van der Waals surface area contributed by atoms with Gasteiger partial charge in [-0.05, 0) is 57.0 Å². The molecule has 2 rings (SSSR count). The van der Waals surface area contributed by atoms with Crippen molar-refractivity contribution in [2.75, 3.05) is 39.8 Å². The van der Waals surface area contributed by atoms with Crippen LogP contribution in [0, 0.1) is 0 Å². The molecule has 0 spiro atoms. The lowest BCUT2D eigenvalue weighted by molar-refractivity contribution is 0.0963. The third-order valence-electron chi connectivity index (χ3n) is 4.83. The van der Waals surface area contributed by atoms with E-state index in [1.54, 1.807) is 7.05 Å². The summed E-state index contributed by atoms with van der Waals surface area (Å²) in [6.07, 6.45) is 3.36. The molecule has 1 aliphatic heterocycles. The van der Waals surface area contributed by atoms with Crippen LogP contribution in [-0.2, 0) is 6.42 Å². The SMILES string of the molecule is CCNC(=NCC1CCCN1CC)NCCc1cccc(C(=O)NC)c1. The van der Waals surface area contributed by atoms with Crippen LogP contribution in [0.15, 0.2) is 29.3 Å². The van der Waals surface area contributed by atoms with Crippen molar-refractivity contribution in [2.24, 2.45) is 4.99 Å². The highest BCUT2D eigenvalue weighted by molar-refractivity contribution is 5.94. The monoisotopic (exact) mass is 359 g/mol. The van der Waals surface area contributed by atoms with Crippen LogP contribution < -0.4 is 16.0 Å². The predicted octanol–water partition coefficient (Wildman–Crippen LogP) is 1.63. The van der Waals surface area contributed by atoms with Crippen molar-refractivity contribution in [3.8, 4) is 0 Å².